The highest BCUT2D eigenvalue weighted by molar-refractivity contribution is 5.75. The Morgan fingerprint density at radius 3 is 2.75 bits per heavy atom. The molecule has 0 aliphatic carbocycles. The number of hydrogen-bond donors (Lipinski definition) is 1. The van der Waals surface area contributed by atoms with Gasteiger partial charge in [-0.2, -0.15) is 13.2 Å². The van der Waals surface area contributed by atoms with Crippen molar-refractivity contribution in [1.29, 1.82) is 0 Å². The van der Waals surface area contributed by atoms with Gasteiger partial charge < -0.3 is 9.88 Å². The van der Waals surface area contributed by atoms with Crippen molar-refractivity contribution in [2.45, 2.75) is 44.9 Å². The molecule has 5 nitrogen and oxygen atoms in total. The molecule has 1 atom stereocenters. The maximum Gasteiger partial charge on any atom is 0.417 e. The van der Waals surface area contributed by atoms with Gasteiger partial charge in [0.2, 0.25) is 5.91 Å². The lowest BCUT2D eigenvalue weighted by Crippen LogP contribution is -2.43. The standard InChI is InChI=1S/C16H22F3N3O2/c1-12-4-2-3-8-21(12)9-7-20-14(23)11-22-10-13(16(17,18)19)5-6-15(22)24/h5-6,10,12H,2-4,7-9,11H2,1H3,(H,20,23)/t12-/m1/s1. The molecular weight excluding hydrogens is 323 g/mol. The summed E-state index contributed by atoms with van der Waals surface area (Å²) in [6.45, 7) is 3.83. The normalized spacial score (nSPS) is 19.2. The third-order valence-corrected chi connectivity index (χ3v) is 4.29. The summed E-state index contributed by atoms with van der Waals surface area (Å²) in [5, 5.41) is 2.66. The van der Waals surface area contributed by atoms with Crippen LogP contribution in [0.25, 0.3) is 0 Å². The number of nitrogens with zero attached hydrogens (tertiary/aromatic N) is 2. The van der Waals surface area contributed by atoms with Crippen molar-refractivity contribution >= 4 is 5.91 Å². The van der Waals surface area contributed by atoms with E-state index >= 15 is 0 Å². The molecule has 1 fully saturated rings. The van der Waals surface area contributed by atoms with Crippen LogP contribution in [0.15, 0.2) is 23.1 Å². The summed E-state index contributed by atoms with van der Waals surface area (Å²) in [5.41, 5.74) is -1.58. The van der Waals surface area contributed by atoms with Crippen molar-refractivity contribution in [3.63, 3.8) is 0 Å². The number of likely N-dealkylation sites (tertiary alicyclic amines) is 1. The number of amides is 1. The lowest BCUT2D eigenvalue weighted by Gasteiger charge is -2.33. The maximum atomic E-state index is 12.7. The number of piperidine rings is 1. The second-order valence-corrected chi connectivity index (χ2v) is 6.11. The third kappa shape index (κ3) is 5.09. The number of alkyl halides is 3. The molecule has 2 rings (SSSR count). The fourth-order valence-corrected chi connectivity index (χ4v) is 2.86. The zero-order valence-corrected chi connectivity index (χ0v) is 13.6. The number of carbonyl (C=O) groups is 1. The summed E-state index contributed by atoms with van der Waals surface area (Å²) in [5.74, 6) is -0.471. The van der Waals surface area contributed by atoms with Crippen molar-refractivity contribution in [3.05, 3.63) is 34.2 Å². The monoisotopic (exact) mass is 345 g/mol. The van der Waals surface area contributed by atoms with E-state index in [1.54, 1.807) is 0 Å². The average Bonchev–Trinajstić information content (AvgIpc) is 2.50. The van der Waals surface area contributed by atoms with E-state index in [4.69, 9.17) is 0 Å². The molecule has 1 aliphatic heterocycles. The van der Waals surface area contributed by atoms with Gasteiger partial charge in [-0.05, 0) is 32.4 Å². The van der Waals surface area contributed by atoms with Crippen LogP contribution in [0.4, 0.5) is 13.2 Å². The van der Waals surface area contributed by atoms with E-state index in [0.29, 0.717) is 31.4 Å². The smallest absolute Gasteiger partial charge is 0.353 e. The lowest BCUT2D eigenvalue weighted by molar-refractivity contribution is -0.138. The van der Waals surface area contributed by atoms with Crippen LogP contribution < -0.4 is 10.9 Å². The Balaban J connectivity index is 1.87. The minimum atomic E-state index is -4.55. The molecule has 1 aliphatic rings. The molecule has 0 radical (unpaired) electrons. The molecule has 0 unspecified atom stereocenters. The third-order valence-electron chi connectivity index (χ3n) is 4.29. The van der Waals surface area contributed by atoms with Gasteiger partial charge in [-0.15, -0.1) is 0 Å². The predicted octanol–water partition coefficient (Wildman–Crippen LogP) is 1.86. The number of hydrogen-bond acceptors (Lipinski definition) is 3. The summed E-state index contributed by atoms with van der Waals surface area (Å²) in [7, 11) is 0. The van der Waals surface area contributed by atoms with Gasteiger partial charge in [-0.1, -0.05) is 6.42 Å². The first-order valence-corrected chi connectivity index (χ1v) is 8.06. The molecule has 24 heavy (non-hydrogen) atoms. The van der Waals surface area contributed by atoms with E-state index < -0.39 is 29.8 Å². The van der Waals surface area contributed by atoms with Gasteiger partial charge in [0.15, 0.2) is 0 Å². The molecule has 1 amide bonds. The van der Waals surface area contributed by atoms with Crippen LogP contribution in [0.5, 0.6) is 0 Å². The highest BCUT2D eigenvalue weighted by Crippen LogP contribution is 2.27. The Morgan fingerprint density at radius 2 is 2.08 bits per heavy atom. The summed E-state index contributed by atoms with van der Waals surface area (Å²) in [6, 6.07) is 2.02. The van der Waals surface area contributed by atoms with Crippen molar-refractivity contribution < 1.29 is 18.0 Å². The van der Waals surface area contributed by atoms with Crippen molar-refractivity contribution in [2.75, 3.05) is 19.6 Å². The molecule has 8 heteroatoms. The first-order valence-electron chi connectivity index (χ1n) is 8.06. The highest BCUT2D eigenvalue weighted by Gasteiger charge is 2.31. The lowest BCUT2D eigenvalue weighted by atomic mass is 10.0. The Labute approximate surface area is 138 Å². The van der Waals surface area contributed by atoms with Gasteiger partial charge >= 0.3 is 6.18 Å². The van der Waals surface area contributed by atoms with Crippen molar-refractivity contribution in [1.82, 2.24) is 14.8 Å². The minimum absolute atomic E-state index is 0.414. The van der Waals surface area contributed by atoms with E-state index in [-0.39, 0.29) is 0 Å². The molecule has 1 saturated heterocycles. The zero-order chi connectivity index (χ0) is 17.7. The molecule has 1 aromatic heterocycles. The first kappa shape index (κ1) is 18.5. The number of rotatable bonds is 5. The zero-order valence-electron chi connectivity index (χ0n) is 13.6. The largest absolute Gasteiger partial charge is 0.417 e. The number of nitrogens with one attached hydrogen (secondary N) is 1. The first-order chi connectivity index (χ1) is 11.3. The van der Waals surface area contributed by atoms with Gasteiger partial charge in [-0.3, -0.25) is 14.5 Å². The molecule has 0 bridgehead atoms. The van der Waals surface area contributed by atoms with Crippen LogP contribution in [0, 0.1) is 0 Å². The number of carbonyl (C=O) groups excluding carboxylic acids is 1. The van der Waals surface area contributed by atoms with Gasteiger partial charge in [0.25, 0.3) is 5.56 Å². The SMILES string of the molecule is C[C@@H]1CCCCN1CCNC(=O)Cn1cc(C(F)(F)F)ccc1=O. The minimum Gasteiger partial charge on any atom is -0.353 e. The quantitative estimate of drug-likeness (QED) is 0.886. The fraction of sp³-hybridized carbons (Fsp3) is 0.625. The van der Waals surface area contributed by atoms with Gasteiger partial charge in [0.05, 0.1) is 5.56 Å². The summed E-state index contributed by atoms with van der Waals surface area (Å²) in [6.07, 6.45) is -0.390. The van der Waals surface area contributed by atoms with Crippen LogP contribution in [0.2, 0.25) is 0 Å². The molecule has 134 valence electrons. The Hall–Kier alpha value is -1.83. The van der Waals surface area contributed by atoms with Crippen LogP contribution in [0.1, 0.15) is 31.7 Å². The van der Waals surface area contributed by atoms with E-state index in [1.165, 1.54) is 6.42 Å². The molecule has 0 aromatic carbocycles. The maximum absolute atomic E-state index is 12.7. The van der Waals surface area contributed by atoms with E-state index in [1.807, 2.05) is 0 Å². The van der Waals surface area contributed by atoms with E-state index in [9.17, 15) is 22.8 Å². The molecule has 2 heterocycles. The van der Waals surface area contributed by atoms with Crippen LogP contribution >= 0.6 is 0 Å². The van der Waals surface area contributed by atoms with Gasteiger partial charge in [0, 0.05) is 31.4 Å². The fourth-order valence-electron chi connectivity index (χ4n) is 2.86. The number of aromatic nitrogens is 1. The number of pyridine rings is 1. The molecular formula is C16H22F3N3O2. The second kappa shape index (κ2) is 7.83. The topological polar surface area (TPSA) is 54.3 Å². The van der Waals surface area contributed by atoms with E-state index in [2.05, 4.69) is 17.1 Å². The highest BCUT2D eigenvalue weighted by atomic mass is 19.4. The Bertz CT molecular complexity index is 628. The molecule has 0 saturated carbocycles. The molecule has 0 spiro atoms. The summed E-state index contributed by atoms with van der Waals surface area (Å²) in [4.78, 5) is 25.8. The van der Waals surface area contributed by atoms with Gasteiger partial charge in [0.1, 0.15) is 6.54 Å². The average molecular weight is 345 g/mol. The van der Waals surface area contributed by atoms with Crippen LogP contribution in [0.3, 0.4) is 0 Å². The number of halogens is 3. The van der Waals surface area contributed by atoms with Crippen LogP contribution in [-0.4, -0.2) is 41.1 Å². The second-order valence-electron chi connectivity index (χ2n) is 6.11. The van der Waals surface area contributed by atoms with Crippen molar-refractivity contribution in [3.8, 4) is 0 Å². The van der Waals surface area contributed by atoms with Gasteiger partial charge in [-0.25, -0.2) is 0 Å². The summed E-state index contributed by atoms with van der Waals surface area (Å²) >= 11 is 0. The van der Waals surface area contributed by atoms with E-state index in [0.717, 1.165) is 30.0 Å². The Kier molecular flexibility index (Phi) is 6.04. The molecule has 1 N–H and O–H groups in total. The Morgan fingerprint density at radius 1 is 1.33 bits per heavy atom. The molecule has 1 aromatic rings. The predicted molar refractivity (Wildman–Crippen MR) is 83.6 cm³/mol. The summed E-state index contributed by atoms with van der Waals surface area (Å²) < 4.78 is 38.8. The van der Waals surface area contributed by atoms with Crippen LogP contribution in [-0.2, 0) is 17.5 Å². The van der Waals surface area contributed by atoms with Crippen molar-refractivity contribution in [2.24, 2.45) is 0 Å².